The molecule has 0 atom stereocenters. The number of imidazole rings is 1. The Bertz CT molecular complexity index is 2640. The molecule has 55 heavy (non-hydrogen) atoms. The molecule has 9 nitrogen and oxygen atoms in total. The van der Waals surface area contributed by atoms with E-state index in [1.165, 1.54) is 0 Å². The number of aryl methyl sites for hydroxylation is 2. The SMILES string of the molecule is CCc1nc2c(C)cc(CO)nc2n1Cc1c2ccocc-2c(Br)c1-c1ccccc1-c1nnn(C(c2ccccc2)(c2ccccc2)c2ccccc2)n1. The number of nitrogens with zero attached hydrogens (tertiary/aromatic N) is 7. The summed E-state index contributed by atoms with van der Waals surface area (Å²) in [5.74, 6) is 1.40. The van der Waals surface area contributed by atoms with E-state index in [4.69, 9.17) is 29.8 Å². The molecule has 9 rings (SSSR count). The molecule has 3 aromatic heterocycles. The third-order valence-electron chi connectivity index (χ3n) is 10.4. The maximum absolute atomic E-state index is 10.1. The van der Waals surface area contributed by atoms with E-state index in [9.17, 15) is 5.11 Å². The highest BCUT2D eigenvalue weighted by Crippen LogP contribution is 2.49. The van der Waals surface area contributed by atoms with Crippen molar-refractivity contribution < 1.29 is 9.52 Å². The lowest BCUT2D eigenvalue weighted by Crippen LogP contribution is -2.39. The fourth-order valence-electron chi connectivity index (χ4n) is 7.92. The number of benzene rings is 4. The van der Waals surface area contributed by atoms with Crippen molar-refractivity contribution in [2.45, 2.75) is 39.0 Å². The lowest BCUT2D eigenvalue weighted by molar-refractivity contribution is 0.277. The fourth-order valence-corrected chi connectivity index (χ4v) is 8.68. The Morgan fingerprint density at radius 2 is 1.36 bits per heavy atom. The number of pyridine rings is 1. The van der Waals surface area contributed by atoms with E-state index in [2.05, 4.69) is 69.9 Å². The molecule has 4 heterocycles. The maximum atomic E-state index is 10.1. The van der Waals surface area contributed by atoms with E-state index in [1.54, 1.807) is 17.3 Å². The molecule has 0 saturated carbocycles. The first-order valence-corrected chi connectivity index (χ1v) is 19.0. The van der Waals surface area contributed by atoms with E-state index in [1.807, 2.05) is 91.9 Å². The molecule has 0 fully saturated rings. The first-order chi connectivity index (χ1) is 27.0. The van der Waals surface area contributed by atoms with Gasteiger partial charge in [-0.15, -0.1) is 15.0 Å². The summed E-state index contributed by atoms with van der Waals surface area (Å²) in [6.45, 7) is 4.45. The van der Waals surface area contributed by atoms with E-state index >= 15 is 0 Å². The van der Waals surface area contributed by atoms with Crippen molar-refractivity contribution in [2.75, 3.05) is 0 Å². The standard InChI is InChI=1S/C45H36BrN7O2/c1-3-39-48-42-29(2)25-33(27-54)47-44(42)52(39)26-37-34-23-24-55-28-38(34)41(46)40(37)35-21-13-14-22-36(35)43-49-51-53(50-43)45(30-15-7-4-8-16-30,31-17-9-5-10-18-31)32-19-11-6-12-20-32/h4-25,28,54H,3,26-27H2,1-2H3. The van der Waals surface area contributed by atoms with Crippen LogP contribution in [-0.4, -0.2) is 39.8 Å². The molecule has 4 aromatic carbocycles. The Morgan fingerprint density at radius 1 is 0.745 bits per heavy atom. The Hall–Kier alpha value is -6.23. The summed E-state index contributed by atoms with van der Waals surface area (Å²) in [5, 5.41) is 25.0. The minimum Gasteiger partial charge on any atom is -0.472 e. The minimum atomic E-state index is -0.913. The van der Waals surface area contributed by atoms with Crippen LogP contribution in [0.5, 0.6) is 0 Å². The lowest BCUT2D eigenvalue weighted by atomic mass is 9.77. The van der Waals surface area contributed by atoms with Crippen LogP contribution in [-0.2, 0) is 25.1 Å². The highest BCUT2D eigenvalue weighted by Gasteiger charge is 2.41. The predicted molar refractivity (Wildman–Crippen MR) is 217 cm³/mol. The van der Waals surface area contributed by atoms with Gasteiger partial charge < -0.3 is 14.1 Å². The largest absolute Gasteiger partial charge is 0.472 e. The van der Waals surface area contributed by atoms with Gasteiger partial charge in [0.25, 0.3) is 0 Å². The zero-order valence-corrected chi connectivity index (χ0v) is 31.9. The fraction of sp³-hybridized carbons (Fsp3) is 0.133. The van der Waals surface area contributed by atoms with Crippen LogP contribution in [0, 0.1) is 6.92 Å². The van der Waals surface area contributed by atoms with Gasteiger partial charge in [0.15, 0.2) is 11.2 Å². The second kappa shape index (κ2) is 14.2. The van der Waals surface area contributed by atoms with Gasteiger partial charge >= 0.3 is 0 Å². The molecule has 270 valence electrons. The number of aromatic nitrogens is 7. The van der Waals surface area contributed by atoms with E-state index in [0.29, 0.717) is 24.5 Å². The second-order valence-corrected chi connectivity index (χ2v) is 14.3. The summed E-state index contributed by atoms with van der Waals surface area (Å²) < 4.78 is 8.79. The molecule has 2 aliphatic rings. The monoisotopic (exact) mass is 785 g/mol. The van der Waals surface area contributed by atoms with Crippen molar-refractivity contribution in [1.29, 1.82) is 0 Å². The first-order valence-electron chi connectivity index (χ1n) is 18.2. The number of hydrogen-bond acceptors (Lipinski definition) is 7. The van der Waals surface area contributed by atoms with Crippen molar-refractivity contribution >= 4 is 27.1 Å². The van der Waals surface area contributed by atoms with Gasteiger partial charge in [-0.3, -0.25) is 0 Å². The van der Waals surface area contributed by atoms with Gasteiger partial charge in [0, 0.05) is 27.6 Å². The number of halogens is 1. The van der Waals surface area contributed by atoms with E-state index < -0.39 is 5.54 Å². The molecular weight excluding hydrogens is 750 g/mol. The predicted octanol–water partition coefficient (Wildman–Crippen LogP) is 9.46. The van der Waals surface area contributed by atoms with Gasteiger partial charge in [0.1, 0.15) is 11.3 Å². The lowest BCUT2D eigenvalue weighted by Gasteiger charge is -2.34. The number of tetrazole rings is 1. The number of hydrogen-bond donors (Lipinski definition) is 1. The maximum Gasteiger partial charge on any atom is 0.205 e. The van der Waals surface area contributed by atoms with Crippen LogP contribution in [0.3, 0.4) is 0 Å². The van der Waals surface area contributed by atoms with Gasteiger partial charge in [-0.1, -0.05) is 122 Å². The zero-order valence-electron chi connectivity index (χ0n) is 30.3. The van der Waals surface area contributed by atoms with Gasteiger partial charge in [-0.25, -0.2) is 9.97 Å². The molecule has 0 radical (unpaired) electrons. The van der Waals surface area contributed by atoms with Crippen LogP contribution in [0.15, 0.2) is 149 Å². The smallest absolute Gasteiger partial charge is 0.205 e. The summed E-state index contributed by atoms with van der Waals surface area (Å²) in [7, 11) is 0. The van der Waals surface area contributed by atoms with Crippen molar-refractivity contribution in [1.82, 2.24) is 34.7 Å². The van der Waals surface area contributed by atoms with Crippen LogP contribution in [0.25, 0.3) is 44.8 Å². The average molecular weight is 787 g/mol. The quantitative estimate of drug-likeness (QED) is 0.138. The molecule has 1 aliphatic heterocycles. The van der Waals surface area contributed by atoms with Crippen LogP contribution < -0.4 is 0 Å². The van der Waals surface area contributed by atoms with Gasteiger partial charge in [-0.2, -0.15) is 0 Å². The van der Waals surface area contributed by atoms with Crippen LogP contribution in [0.4, 0.5) is 0 Å². The van der Waals surface area contributed by atoms with Crippen LogP contribution in [0.1, 0.15) is 46.3 Å². The van der Waals surface area contributed by atoms with E-state index in [0.717, 1.165) is 77.1 Å². The molecule has 0 saturated heterocycles. The summed E-state index contributed by atoms with van der Waals surface area (Å²) in [4.78, 5) is 11.6. The highest BCUT2D eigenvalue weighted by atomic mass is 79.9. The van der Waals surface area contributed by atoms with Crippen molar-refractivity contribution in [3.05, 3.63) is 184 Å². The minimum absolute atomic E-state index is 0.151. The van der Waals surface area contributed by atoms with Crippen molar-refractivity contribution in [2.24, 2.45) is 0 Å². The number of aliphatic hydroxyl groups is 1. The summed E-state index contributed by atoms with van der Waals surface area (Å²) in [6.07, 6.45) is 4.19. The topological polar surface area (TPSA) is 108 Å². The zero-order chi connectivity index (χ0) is 37.5. The molecule has 1 aliphatic carbocycles. The summed E-state index contributed by atoms with van der Waals surface area (Å²) in [5.41, 5.74) is 11.1. The summed E-state index contributed by atoms with van der Waals surface area (Å²) in [6, 6.07) is 43.1. The third kappa shape index (κ3) is 5.68. The highest BCUT2D eigenvalue weighted by molar-refractivity contribution is 9.10. The Kier molecular flexibility index (Phi) is 8.92. The third-order valence-corrected chi connectivity index (χ3v) is 11.2. The molecule has 0 bridgehead atoms. The van der Waals surface area contributed by atoms with Gasteiger partial charge in [0.2, 0.25) is 5.82 Å². The average Bonchev–Trinajstić information content (AvgIpc) is 3.95. The van der Waals surface area contributed by atoms with Crippen LogP contribution >= 0.6 is 15.9 Å². The molecule has 7 aromatic rings. The van der Waals surface area contributed by atoms with Gasteiger partial charge in [0.05, 0.1) is 31.4 Å². The Labute approximate surface area is 326 Å². The van der Waals surface area contributed by atoms with Crippen LogP contribution in [0.2, 0.25) is 0 Å². The molecule has 0 unspecified atom stereocenters. The molecule has 1 N–H and O–H groups in total. The molecule has 10 heteroatoms. The van der Waals surface area contributed by atoms with Gasteiger partial charge in [-0.05, 0) is 79.1 Å². The molecule has 0 spiro atoms. The molecular formula is C45H36BrN7O2. The Balaban J connectivity index is 1.25. The first kappa shape index (κ1) is 34.5. The number of rotatable bonds is 10. The Morgan fingerprint density at radius 3 is 1.98 bits per heavy atom. The van der Waals surface area contributed by atoms with Crippen molar-refractivity contribution in [3.63, 3.8) is 0 Å². The summed E-state index contributed by atoms with van der Waals surface area (Å²) >= 11 is 4.00. The van der Waals surface area contributed by atoms with E-state index in [-0.39, 0.29) is 6.61 Å². The number of fused-ring (bicyclic) bond motifs is 2. The normalized spacial score (nSPS) is 11.9. The number of aliphatic hydroxyl groups excluding tert-OH is 1. The van der Waals surface area contributed by atoms with Crippen molar-refractivity contribution in [3.8, 4) is 33.6 Å². The molecule has 0 amide bonds. The second-order valence-electron chi connectivity index (χ2n) is 13.5.